The number of hydrogen-bond acceptors (Lipinski definition) is 8. The lowest BCUT2D eigenvalue weighted by Gasteiger charge is -2.26. The van der Waals surface area contributed by atoms with E-state index in [9.17, 15) is 18.0 Å². The van der Waals surface area contributed by atoms with E-state index < -0.39 is 28.5 Å². The third kappa shape index (κ3) is 5.06. The molecule has 4 rings (SSSR count). The highest BCUT2D eigenvalue weighted by atomic mass is 32.2. The molecule has 2 aliphatic heterocycles. The lowest BCUT2D eigenvalue weighted by molar-refractivity contribution is -0.143. The predicted molar refractivity (Wildman–Crippen MR) is 117 cm³/mol. The molecule has 1 aromatic heterocycles. The number of fused-ring (bicyclic) bond motifs is 1. The molecule has 160 valence electrons. The molecule has 0 saturated carbocycles. The summed E-state index contributed by atoms with van der Waals surface area (Å²) in [6.45, 7) is 1.72. The second kappa shape index (κ2) is 8.44. The molecule has 2 aliphatic rings. The molecule has 11 heteroatoms. The molecule has 1 aromatic carbocycles. The minimum absolute atomic E-state index is 0.135. The van der Waals surface area contributed by atoms with Gasteiger partial charge < -0.3 is 9.64 Å². The first-order chi connectivity index (χ1) is 14.8. The van der Waals surface area contributed by atoms with Gasteiger partial charge in [-0.3, -0.25) is 10.1 Å². The molecule has 0 fully saturated rings. The van der Waals surface area contributed by atoms with Gasteiger partial charge in [-0.2, -0.15) is 0 Å². The quantitative estimate of drug-likeness (QED) is 0.682. The summed E-state index contributed by atoms with van der Waals surface area (Å²) in [5.41, 5.74) is 3.03. The molecule has 0 atom stereocenters. The van der Waals surface area contributed by atoms with Crippen molar-refractivity contribution < 1.29 is 22.7 Å². The van der Waals surface area contributed by atoms with Crippen LogP contribution in [0, 0.1) is 6.92 Å². The van der Waals surface area contributed by atoms with Crippen LogP contribution in [0.3, 0.4) is 0 Å². The molecule has 31 heavy (non-hydrogen) atoms. The van der Waals surface area contributed by atoms with Crippen molar-refractivity contribution >= 4 is 44.2 Å². The number of aryl methyl sites for hydroxylation is 1. The summed E-state index contributed by atoms with van der Waals surface area (Å²) in [6, 6.07) is 7.88. The van der Waals surface area contributed by atoms with Gasteiger partial charge in [0.25, 0.3) is 15.9 Å². The van der Waals surface area contributed by atoms with Crippen LogP contribution >= 0.6 is 11.3 Å². The number of thiazole rings is 1. The Bertz CT molecular complexity index is 1230. The van der Waals surface area contributed by atoms with Crippen LogP contribution in [0.2, 0.25) is 0 Å². The number of esters is 1. The molecule has 0 saturated heterocycles. The Labute approximate surface area is 182 Å². The highest BCUT2D eigenvalue weighted by Gasteiger charge is 2.25. The van der Waals surface area contributed by atoms with Gasteiger partial charge in [0.15, 0.2) is 11.7 Å². The number of sulfonamides is 1. The lowest BCUT2D eigenvalue weighted by atomic mass is 10.1. The topological polar surface area (TPSA) is 118 Å². The number of carbonyl (C=O) groups excluding carboxylic acids is 2. The summed E-state index contributed by atoms with van der Waals surface area (Å²) < 4.78 is 31.8. The fourth-order valence-corrected chi connectivity index (χ4v) is 4.58. The summed E-state index contributed by atoms with van der Waals surface area (Å²) in [5.74, 6) is -1.10. The van der Waals surface area contributed by atoms with Gasteiger partial charge in [0, 0.05) is 23.7 Å². The minimum Gasteiger partial charge on any atom is -0.452 e. The fourth-order valence-electron chi connectivity index (χ4n) is 2.88. The molecule has 1 N–H and O–H groups in total. The zero-order valence-electron chi connectivity index (χ0n) is 16.4. The molecular weight excluding hydrogens is 440 g/mol. The Morgan fingerprint density at radius 1 is 1.23 bits per heavy atom. The summed E-state index contributed by atoms with van der Waals surface area (Å²) in [7, 11) is -3.47. The maximum absolute atomic E-state index is 12.3. The zero-order chi connectivity index (χ0) is 22.0. The summed E-state index contributed by atoms with van der Waals surface area (Å²) in [6.07, 6.45) is 4.29. The van der Waals surface area contributed by atoms with E-state index in [-0.39, 0.29) is 23.7 Å². The van der Waals surface area contributed by atoms with Gasteiger partial charge in [0.2, 0.25) is 0 Å². The fraction of sp³-hybridized carbons (Fsp3) is 0.200. The van der Waals surface area contributed by atoms with Crippen LogP contribution in [0.25, 0.3) is 11.3 Å². The Morgan fingerprint density at radius 3 is 2.77 bits per heavy atom. The highest BCUT2D eigenvalue weighted by Crippen LogP contribution is 2.25. The molecule has 0 unspecified atom stereocenters. The van der Waals surface area contributed by atoms with E-state index in [1.54, 1.807) is 4.90 Å². The van der Waals surface area contributed by atoms with Crippen LogP contribution in [0.15, 0.2) is 58.0 Å². The van der Waals surface area contributed by atoms with Gasteiger partial charge in [-0.05, 0) is 19.1 Å². The van der Waals surface area contributed by atoms with Crippen LogP contribution in [0.4, 0.5) is 5.13 Å². The maximum atomic E-state index is 12.3. The highest BCUT2D eigenvalue weighted by molar-refractivity contribution is 7.90. The van der Waals surface area contributed by atoms with E-state index in [2.05, 4.69) is 14.7 Å². The largest absolute Gasteiger partial charge is 0.452 e. The number of nitrogens with one attached hydrogen (secondary N) is 1. The standard InChI is InChI=1S/C20H18N4O5S2/c1-13-2-4-14(5-3-13)16-12-30-20(21-16)22-18(25)11-29-19(26)15-6-7-17-23-31(27,28)9-8-24(17)10-15/h2-7,10,12H,8-9,11H2,1H3,(H,21,22,25). The van der Waals surface area contributed by atoms with E-state index in [0.29, 0.717) is 5.13 Å². The molecule has 9 nitrogen and oxygen atoms in total. The zero-order valence-corrected chi connectivity index (χ0v) is 18.1. The second-order valence-electron chi connectivity index (χ2n) is 6.87. The molecule has 0 spiro atoms. The summed E-state index contributed by atoms with van der Waals surface area (Å²) in [4.78, 5) is 30.3. The van der Waals surface area contributed by atoms with Crippen molar-refractivity contribution in [3.8, 4) is 11.3 Å². The first-order valence-electron chi connectivity index (χ1n) is 9.28. The Kier molecular flexibility index (Phi) is 5.70. The van der Waals surface area contributed by atoms with Gasteiger partial charge in [0.05, 0.1) is 17.0 Å². The number of amidine groups is 1. The average Bonchev–Trinajstić information content (AvgIpc) is 3.20. The Morgan fingerprint density at radius 2 is 2.00 bits per heavy atom. The third-order valence-electron chi connectivity index (χ3n) is 4.49. The number of nitrogens with zero attached hydrogens (tertiary/aromatic N) is 3. The first-order valence-corrected chi connectivity index (χ1v) is 11.8. The van der Waals surface area contributed by atoms with Crippen molar-refractivity contribution in [3.63, 3.8) is 0 Å². The van der Waals surface area contributed by atoms with Crippen LogP contribution in [0.1, 0.15) is 5.56 Å². The minimum atomic E-state index is -3.47. The van der Waals surface area contributed by atoms with Crippen LogP contribution in [-0.2, 0) is 24.3 Å². The van der Waals surface area contributed by atoms with Crippen LogP contribution in [-0.4, -0.2) is 54.9 Å². The lowest BCUT2D eigenvalue weighted by Crippen LogP contribution is -2.37. The van der Waals surface area contributed by atoms with Crippen molar-refractivity contribution in [3.05, 3.63) is 59.1 Å². The van der Waals surface area contributed by atoms with E-state index in [4.69, 9.17) is 4.74 Å². The normalized spacial score (nSPS) is 16.7. The average molecular weight is 459 g/mol. The maximum Gasteiger partial charge on any atom is 0.340 e. The number of rotatable bonds is 5. The molecule has 3 heterocycles. The van der Waals surface area contributed by atoms with E-state index in [0.717, 1.165) is 16.8 Å². The van der Waals surface area contributed by atoms with Crippen molar-refractivity contribution in [2.45, 2.75) is 6.92 Å². The molecule has 0 radical (unpaired) electrons. The number of anilines is 1. The number of amides is 1. The molecule has 0 bridgehead atoms. The van der Waals surface area contributed by atoms with E-state index in [1.807, 2.05) is 36.6 Å². The number of benzene rings is 1. The number of hydrogen-bond donors (Lipinski definition) is 1. The molecule has 0 aliphatic carbocycles. The molecule has 1 amide bonds. The van der Waals surface area contributed by atoms with Crippen molar-refractivity contribution in [2.75, 3.05) is 24.2 Å². The van der Waals surface area contributed by atoms with Gasteiger partial charge in [-0.1, -0.05) is 29.8 Å². The smallest absolute Gasteiger partial charge is 0.340 e. The van der Waals surface area contributed by atoms with Gasteiger partial charge in [0.1, 0.15) is 5.84 Å². The third-order valence-corrected chi connectivity index (χ3v) is 6.41. The Hall–Kier alpha value is -3.31. The van der Waals surface area contributed by atoms with E-state index in [1.165, 1.54) is 29.7 Å². The van der Waals surface area contributed by atoms with Gasteiger partial charge in [-0.25, -0.2) is 18.2 Å². The predicted octanol–water partition coefficient (Wildman–Crippen LogP) is 2.10. The van der Waals surface area contributed by atoms with Crippen LogP contribution < -0.4 is 5.32 Å². The SMILES string of the molecule is Cc1ccc(-c2csc(NC(=O)COC(=O)C3=CN4CCS(=O)(=O)N=C4C=C3)n2)cc1. The summed E-state index contributed by atoms with van der Waals surface area (Å²) >= 11 is 1.28. The molecular formula is C20H18N4O5S2. The Balaban J connectivity index is 1.31. The van der Waals surface area contributed by atoms with Crippen LogP contribution in [0.5, 0.6) is 0 Å². The number of aromatic nitrogens is 1. The number of carbonyl (C=O) groups is 2. The monoisotopic (exact) mass is 458 g/mol. The van der Waals surface area contributed by atoms with E-state index >= 15 is 0 Å². The van der Waals surface area contributed by atoms with Gasteiger partial charge >= 0.3 is 5.97 Å². The first kappa shape index (κ1) is 20.9. The van der Waals surface area contributed by atoms with Crippen molar-refractivity contribution in [1.29, 1.82) is 0 Å². The molecule has 2 aromatic rings. The van der Waals surface area contributed by atoms with Crippen molar-refractivity contribution in [2.24, 2.45) is 4.40 Å². The van der Waals surface area contributed by atoms with Crippen molar-refractivity contribution in [1.82, 2.24) is 9.88 Å². The number of ether oxygens (including phenoxy) is 1. The van der Waals surface area contributed by atoms with Gasteiger partial charge in [-0.15, -0.1) is 15.7 Å². The summed E-state index contributed by atoms with van der Waals surface area (Å²) in [5, 5.41) is 4.86. The second-order valence-corrected chi connectivity index (χ2v) is 9.49.